The summed E-state index contributed by atoms with van der Waals surface area (Å²) in [6.07, 6.45) is 4.32. The van der Waals surface area contributed by atoms with E-state index >= 15 is 0 Å². The predicted octanol–water partition coefficient (Wildman–Crippen LogP) is 2.12. The van der Waals surface area contributed by atoms with Crippen molar-refractivity contribution in [2.24, 2.45) is 0 Å². The van der Waals surface area contributed by atoms with Gasteiger partial charge in [0.2, 0.25) is 0 Å². The normalized spacial score (nSPS) is 15.8. The quantitative estimate of drug-likeness (QED) is 0.681. The van der Waals surface area contributed by atoms with Gasteiger partial charge in [-0.2, -0.15) is 10.2 Å². The van der Waals surface area contributed by atoms with E-state index in [1.165, 1.54) is 0 Å². The number of fused-ring (bicyclic) bond motifs is 1. The largest absolute Gasteiger partial charge is 0.294 e. The third-order valence-electron chi connectivity index (χ3n) is 2.63. The molecule has 0 saturated carbocycles. The lowest BCUT2D eigenvalue weighted by Crippen LogP contribution is -2.16. The minimum Gasteiger partial charge on any atom is -0.294 e. The molecule has 0 fully saturated rings. The van der Waals surface area contributed by atoms with Gasteiger partial charge in [0.1, 0.15) is 0 Å². The number of aromatic nitrogens is 2. The van der Waals surface area contributed by atoms with E-state index in [1.807, 2.05) is 13.8 Å². The maximum atomic E-state index is 11.7. The zero-order chi connectivity index (χ0) is 10.1. The Morgan fingerprint density at radius 2 is 2.14 bits per heavy atom. The third-order valence-corrected chi connectivity index (χ3v) is 2.63. The molecule has 74 valence electrons. The molecular weight excluding hydrogens is 176 g/mol. The van der Waals surface area contributed by atoms with E-state index in [9.17, 15) is 4.79 Å². The Morgan fingerprint density at radius 1 is 1.36 bits per heavy atom. The number of carbonyl (C=O) groups excluding carboxylic acids is 1. The van der Waals surface area contributed by atoms with Gasteiger partial charge in [-0.05, 0) is 24.3 Å². The number of hydrogen-bond donors (Lipinski definition) is 0. The predicted molar refractivity (Wildman–Crippen MR) is 53.4 cm³/mol. The minimum absolute atomic E-state index is 0.241. The van der Waals surface area contributed by atoms with Gasteiger partial charge in [-0.3, -0.25) is 4.79 Å². The number of carbonyl (C=O) groups is 1. The molecule has 1 aliphatic carbocycles. The van der Waals surface area contributed by atoms with Crippen LogP contribution >= 0.6 is 0 Å². The molecule has 0 bridgehead atoms. The van der Waals surface area contributed by atoms with Crippen molar-refractivity contribution in [2.45, 2.75) is 39.0 Å². The first kappa shape index (κ1) is 9.31. The summed E-state index contributed by atoms with van der Waals surface area (Å²) < 4.78 is 0. The summed E-state index contributed by atoms with van der Waals surface area (Å²) in [7, 11) is 0. The van der Waals surface area contributed by atoms with Gasteiger partial charge in [-0.15, -0.1) is 0 Å². The SMILES string of the molecule is CC(C)c1nncc2c1C(=O)CCC2. The van der Waals surface area contributed by atoms with Gasteiger partial charge in [0.05, 0.1) is 11.9 Å². The van der Waals surface area contributed by atoms with Crippen molar-refractivity contribution in [1.82, 2.24) is 10.2 Å². The Morgan fingerprint density at radius 3 is 2.86 bits per heavy atom. The summed E-state index contributed by atoms with van der Waals surface area (Å²) in [5, 5.41) is 8.02. The number of ketones is 1. The molecule has 0 radical (unpaired) electrons. The molecule has 1 aromatic rings. The molecule has 2 rings (SSSR count). The molecule has 3 heteroatoms. The van der Waals surface area contributed by atoms with Crippen molar-refractivity contribution >= 4 is 5.78 Å². The maximum Gasteiger partial charge on any atom is 0.165 e. The molecular formula is C11H14N2O. The molecule has 0 amide bonds. The Hall–Kier alpha value is -1.25. The molecule has 1 heterocycles. The van der Waals surface area contributed by atoms with Crippen LogP contribution in [0.25, 0.3) is 0 Å². The molecule has 3 nitrogen and oxygen atoms in total. The van der Waals surface area contributed by atoms with Crippen molar-refractivity contribution in [2.75, 3.05) is 0 Å². The zero-order valence-corrected chi connectivity index (χ0v) is 8.58. The lowest BCUT2D eigenvalue weighted by atomic mass is 9.88. The van der Waals surface area contributed by atoms with Crippen LogP contribution in [0.3, 0.4) is 0 Å². The van der Waals surface area contributed by atoms with Crippen LogP contribution in [0.4, 0.5) is 0 Å². The average Bonchev–Trinajstić information content (AvgIpc) is 2.17. The number of hydrogen-bond acceptors (Lipinski definition) is 3. The summed E-state index contributed by atoms with van der Waals surface area (Å²) in [6, 6.07) is 0. The van der Waals surface area contributed by atoms with Gasteiger partial charge in [0.15, 0.2) is 5.78 Å². The van der Waals surface area contributed by atoms with Gasteiger partial charge in [-0.25, -0.2) is 0 Å². The first-order chi connectivity index (χ1) is 6.70. The van der Waals surface area contributed by atoms with Gasteiger partial charge in [-0.1, -0.05) is 13.8 Å². The lowest BCUT2D eigenvalue weighted by molar-refractivity contribution is 0.0970. The van der Waals surface area contributed by atoms with Gasteiger partial charge in [0, 0.05) is 12.0 Å². The fourth-order valence-corrected chi connectivity index (χ4v) is 1.92. The van der Waals surface area contributed by atoms with Crippen LogP contribution in [-0.2, 0) is 6.42 Å². The fraction of sp³-hybridized carbons (Fsp3) is 0.545. The summed E-state index contributed by atoms with van der Waals surface area (Å²) >= 11 is 0. The zero-order valence-electron chi connectivity index (χ0n) is 8.58. The lowest BCUT2D eigenvalue weighted by Gasteiger charge is -2.17. The second kappa shape index (κ2) is 3.48. The van der Waals surface area contributed by atoms with Crippen LogP contribution in [0.2, 0.25) is 0 Å². The summed E-state index contributed by atoms with van der Waals surface area (Å²) in [6.45, 7) is 4.10. The average molecular weight is 190 g/mol. The molecule has 0 aliphatic heterocycles. The second-order valence-corrected chi connectivity index (χ2v) is 4.06. The molecule has 1 aliphatic rings. The van der Waals surface area contributed by atoms with Crippen molar-refractivity contribution in [1.29, 1.82) is 0 Å². The van der Waals surface area contributed by atoms with Gasteiger partial charge >= 0.3 is 0 Å². The van der Waals surface area contributed by atoms with Crippen LogP contribution in [0, 0.1) is 0 Å². The number of nitrogens with zero attached hydrogens (tertiary/aromatic N) is 2. The van der Waals surface area contributed by atoms with Crippen LogP contribution in [0.15, 0.2) is 6.20 Å². The second-order valence-electron chi connectivity index (χ2n) is 4.06. The molecule has 0 N–H and O–H groups in total. The van der Waals surface area contributed by atoms with E-state index in [2.05, 4.69) is 10.2 Å². The van der Waals surface area contributed by atoms with Crippen molar-refractivity contribution in [3.8, 4) is 0 Å². The maximum absolute atomic E-state index is 11.7. The first-order valence-corrected chi connectivity index (χ1v) is 5.08. The summed E-state index contributed by atoms with van der Waals surface area (Å²) in [5.74, 6) is 0.518. The highest BCUT2D eigenvalue weighted by Gasteiger charge is 2.23. The van der Waals surface area contributed by atoms with E-state index < -0.39 is 0 Å². The van der Waals surface area contributed by atoms with E-state index in [-0.39, 0.29) is 11.7 Å². The highest BCUT2D eigenvalue weighted by molar-refractivity contribution is 5.99. The molecule has 1 aromatic heterocycles. The molecule has 0 atom stereocenters. The molecule has 0 saturated heterocycles. The number of Topliss-reactive ketones (excluding diaryl/α,β-unsaturated/α-hetero) is 1. The Labute approximate surface area is 83.5 Å². The van der Waals surface area contributed by atoms with Crippen molar-refractivity contribution in [3.05, 3.63) is 23.0 Å². The standard InChI is InChI=1S/C11H14N2O/c1-7(2)11-10-8(6-12-13-11)4-3-5-9(10)14/h6-7H,3-5H2,1-2H3. The highest BCUT2D eigenvalue weighted by Crippen LogP contribution is 2.26. The van der Waals surface area contributed by atoms with E-state index in [0.29, 0.717) is 6.42 Å². The fourth-order valence-electron chi connectivity index (χ4n) is 1.92. The van der Waals surface area contributed by atoms with Crippen molar-refractivity contribution < 1.29 is 4.79 Å². The van der Waals surface area contributed by atoms with Crippen molar-refractivity contribution in [3.63, 3.8) is 0 Å². The Bertz CT molecular complexity index is 372. The molecule has 0 unspecified atom stereocenters. The van der Waals surface area contributed by atoms with Crippen LogP contribution < -0.4 is 0 Å². The monoisotopic (exact) mass is 190 g/mol. The number of rotatable bonds is 1. The first-order valence-electron chi connectivity index (χ1n) is 5.08. The Kier molecular flexibility index (Phi) is 2.32. The van der Waals surface area contributed by atoms with Crippen LogP contribution in [0.5, 0.6) is 0 Å². The summed E-state index contributed by atoms with van der Waals surface area (Å²) in [4.78, 5) is 11.7. The van der Waals surface area contributed by atoms with Crippen LogP contribution in [0.1, 0.15) is 54.2 Å². The molecule has 0 spiro atoms. The highest BCUT2D eigenvalue weighted by atomic mass is 16.1. The van der Waals surface area contributed by atoms with E-state index in [0.717, 1.165) is 29.7 Å². The van der Waals surface area contributed by atoms with Gasteiger partial charge < -0.3 is 0 Å². The minimum atomic E-state index is 0.241. The topological polar surface area (TPSA) is 42.9 Å². The number of aryl methyl sites for hydroxylation is 1. The third kappa shape index (κ3) is 1.43. The Balaban J connectivity index is 2.57. The smallest absolute Gasteiger partial charge is 0.165 e. The van der Waals surface area contributed by atoms with Crippen LogP contribution in [-0.4, -0.2) is 16.0 Å². The van der Waals surface area contributed by atoms with Gasteiger partial charge in [0.25, 0.3) is 0 Å². The summed E-state index contributed by atoms with van der Waals surface area (Å²) in [5.41, 5.74) is 2.80. The molecule has 0 aromatic carbocycles. The van der Waals surface area contributed by atoms with E-state index in [4.69, 9.17) is 0 Å². The van der Waals surface area contributed by atoms with E-state index in [1.54, 1.807) is 6.20 Å². The molecule has 14 heavy (non-hydrogen) atoms.